The molecule has 1 fully saturated rings. The van der Waals surface area contributed by atoms with Crippen molar-refractivity contribution >= 4 is 23.2 Å². The van der Waals surface area contributed by atoms with Gasteiger partial charge in [-0.1, -0.05) is 44.2 Å². The Morgan fingerprint density at radius 3 is 2.31 bits per heavy atom. The van der Waals surface area contributed by atoms with E-state index in [9.17, 15) is 14.0 Å². The van der Waals surface area contributed by atoms with Crippen molar-refractivity contribution in [1.29, 1.82) is 0 Å². The zero-order valence-corrected chi connectivity index (χ0v) is 21.0. The van der Waals surface area contributed by atoms with Crippen LogP contribution < -0.4 is 15.5 Å². The van der Waals surface area contributed by atoms with E-state index in [1.807, 2.05) is 18.2 Å². The van der Waals surface area contributed by atoms with E-state index in [0.29, 0.717) is 35.2 Å². The number of hydrogen-bond donors (Lipinski definition) is 2. The molecule has 0 unspecified atom stereocenters. The van der Waals surface area contributed by atoms with E-state index in [4.69, 9.17) is 0 Å². The van der Waals surface area contributed by atoms with Crippen LogP contribution in [0.25, 0.3) is 0 Å². The Bertz CT molecular complexity index is 1170. The van der Waals surface area contributed by atoms with Gasteiger partial charge in [-0.3, -0.25) is 9.59 Å². The Kier molecular flexibility index (Phi) is 8.36. The topological polar surface area (TPSA) is 61.4 Å². The summed E-state index contributed by atoms with van der Waals surface area (Å²) in [5.74, 6) is 0.0530. The van der Waals surface area contributed by atoms with Gasteiger partial charge < -0.3 is 15.5 Å². The van der Waals surface area contributed by atoms with E-state index in [2.05, 4.69) is 53.6 Å². The summed E-state index contributed by atoms with van der Waals surface area (Å²) >= 11 is 0. The monoisotopic (exact) mass is 487 g/mol. The minimum Gasteiger partial charge on any atom is -0.371 e. The number of nitrogens with zero attached hydrogens (tertiary/aromatic N) is 1. The van der Waals surface area contributed by atoms with Crippen molar-refractivity contribution in [3.05, 3.63) is 95.3 Å². The van der Waals surface area contributed by atoms with Gasteiger partial charge in [0.2, 0.25) is 0 Å². The lowest BCUT2D eigenvalue weighted by atomic mass is 9.89. The number of carbonyl (C=O) groups excluding carboxylic acids is 2. The van der Waals surface area contributed by atoms with Crippen LogP contribution in [0.3, 0.4) is 0 Å². The van der Waals surface area contributed by atoms with Gasteiger partial charge in [-0.05, 0) is 79.1 Å². The van der Waals surface area contributed by atoms with Gasteiger partial charge in [0.15, 0.2) is 0 Å². The molecule has 0 radical (unpaired) electrons. The van der Waals surface area contributed by atoms with Crippen molar-refractivity contribution in [1.82, 2.24) is 5.32 Å². The van der Waals surface area contributed by atoms with E-state index >= 15 is 0 Å². The molecule has 2 amide bonds. The lowest BCUT2D eigenvalue weighted by Gasteiger charge is -2.35. The molecular weight excluding hydrogens is 453 g/mol. The van der Waals surface area contributed by atoms with Crippen LogP contribution in [-0.2, 0) is 6.42 Å². The molecule has 0 aromatic heterocycles. The van der Waals surface area contributed by atoms with Crippen LogP contribution in [0.5, 0.6) is 0 Å². The van der Waals surface area contributed by atoms with Gasteiger partial charge >= 0.3 is 0 Å². The summed E-state index contributed by atoms with van der Waals surface area (Å²) < 4.78 is 13.2. The molecule has 1 aliphatic heterocycles. The summed E-state index contributed by atoms with van der Waals surface area (Å²) in [5.41, 5.74) is 3.68. The molecule has 2 N–H and O–H groups in total. The number of benzene rings is 3. The zero-order valence-electron chi connectivity index (χ0n) is 21.0. The molecule has 1 saturated heterocycles. The summed E-state index contributed by atoms with van der Waals surface area (Å²) in [6.45, 7) is 6.44. The normalized spacial score (nSPS) is 14.1. The second-order valence-electron chi connectivity index (χ2n) is 9.92. The van der Waals surface area contributed by atoms with Gasteiger partial charge in [-0.15, -0.1) is 0 Å². The summed E-state index contributed by atoms with van der Waals surface area (Å²) in [6.07, 6.45) is 3.20. The molecule has 3 aromatic carbocycles. The lowest BCUT2D eigenvalue weighted by molar-refractivity contribution is 0.0948. The summed E-state index contributed by atoms with van der Waals surface area (Å²) in [7, 11) is 0. The van der Waals surface area contributed by atoms with E-state index in [0.717, 1.165) is 38.0 Å². The number of hydrogen-bond acceptors (Lipinski definition) is 3. The average molecular weight is 488 g/mol. The van der Waals surface area contributed by atoms with Crippen molar-refractivity contribution in [2.24, 2.45) is 11.8 Å². The lowest BCUT2D eigenvalue weighted by Crippen LogP contribution is -2.36. The van der Waals surface area contributed by atoms with Gasteiger partial charge in [0.1, 0.15) is 5.82 Å². The minimum atomic E-state index is -0.396. The first-order valence-corrected chi connectivity index (χ1v) is 12.7. The maximum absolute atomic E-state index is 13.2. The number of amides is 2. The van der Waals surface area contributed by atoms with Gasteiger partial charge in [0, 0.05) is 36.6 Å². The molecular formula is C30H34FN3O2. The molecule has 0 aliphatic carbocycles. The molecule has 36 heavy (non-hydrogen) atoms. The maximum atomic E-state index is 13.2. The number of piperidine rings is 1. The van der Waals surface area contributed by atoms with Crippen molar-refractivity contribution in [2.75, 3.05) is 29.9 Å². The van der Waals surface area contributed by atoms with E-state index in [1.54, 1.807) is 6.07 Å². The fraction of sp³-hybridized carbons (Fsp3) is 0.333. The van der Waals surface area contributed by atoms with Gasteiger partial charge in [-0.25, -0.2) is 4.39 Å². The number of anilines is 2. The molecule has 0 spiro atoms. The highest BCUT2D eigenvalue weighted by Crippen LogP contribution is 2.30. The molecule has 6 heteroatoms. The summed E-state index contributed by atoms with van der Waals surface area (Å²) in [4.78, 5) is 28.1. The van der Waals surface area contributed by atoms with Crippen molar-refractivity contribution in [2.45, 2.75) is 33.1 Å². The molecule has 3 aromatic rings. The quantitative estimate of drug-likeness (QED) is 0.414. The predicted molar refractivity (Wildman–Crippen MR) is 143 cm³/mol. The highest BCUT2D eigenvalue weighted by molar-refractivity contribution is 6.06. The third-order valence-corrected chi connectivity index (χ3v) is 6.60. The second-order valence-corrected chi connectivity index (χ2v) is 9.92. The van der Waals surface area contributed by atoms with Crippen LogP contribution in [0.4, 0.5) is 15.8 Å². The Balaban J connectivity index is 1.49. The standard InChI is InChI=1S/C30H34FN3O2/c1-21(2)20-32-30(36)27-19-26(33-29(35)24-8-10-25(31)11-9-24)12-13-28(27)34-16-14-23(15-17-34)18-22-6-4-3-5-7-22/h3-13,19,21,23H,14-18,20H2,1-2H3,(H,32,36)(H,33,35). The van der Waals surface area contributed by atoms with E-state index < -0.39 is 5.82 Å². The van der Waals surface area contributed by atoms with Crippen LogP contribution in [0, 0.1) is 17.7 Å². The number of nitrogens with one attached hydrogen (secondary N) is 2. The third kappa shape index (κ3) is 6.72. The largest absolute Gasteiger partial charge is 0.371 e. The Hall–Kier alpha value is -3.67. The zero-order chi connectivity index (χ0) is 25.5. The maximum Gasteiger partial charge on any atom is 0.255 e. The number of halogens is 1. The van der Waals surface area contributed by atoms with Gasteiger partial charge in [0.05, 0.1) is 5.56 Å². The van der Waals surface area contributed by atoms with Crippen molar-refractivity contribution in [3.63, 3.8) is 0 Å². The van der Waals surface area contributed by atoms with Crippen LogP contribution in [0.15, 0.2) is 72.8 Å². The second kappa shape index (κ2) is 11.8. The van der Waals surface area contributed by atoms with Gasteiger partial charge in [-0.2, -0.15) is 0 Å². The highest BCUT2D eigenvalue weighted by Gasteiger charge is 2.24. The minimum absolute atomic E-state index is 0.150. The highest BCUT2D eigenvalue weighted by atomic mass is 19.1. The molecule has 0 saturated carbocycles. The first-order valence-electron chi connectivity index (χ1n) is 12.7. The molecule has 5 nitrogen and oxygen atoms in total. The Labute approximate surface area is 212 Å². The predicted octanol–water partition coefficient (Wildman–Crippen LogP) is 5.92. The summed E-state index contributed by atoms with van der Waals surface area (Å²) in [6, 6.07) is 21.5. The molecule has 1 heterocycles. The SMILES string of the molecule is CC(C)CNC(=O)c1cc(NC(=O)c2ccc(F)cc2)ccc1N1CCC(Cc2ccccc2)CC1. The smallest absolute Gasteiger partial charge is 0.255 e. The third-order valence-electron chi connectivity index (χ3n) is 6.60. The first-order chi connectivity index (χ1) is 17.4. The molecule has 0 atom stereocenters. The van der Waals surface area contributed by atoms with E-state index in [-0.39, 0.29) is 11.8 Å². The number of rotatable bonds is 8. The average Bonchev–Trinajstić information content (AvgIpc) is 2.89. The van der Waals surface area contributed by atoms with Crippen LogP contribution in [0.1, 0.15) is 53.0 Å². The Morgan fingerprint density at radius 1 is 0.944 bits per heavy atom. The van der Waals surface area contributed by atoms with Crippen LogP contribution in [0.2, 0.25) is 0 Å². The van der Waals surface area contributed by atoms with Crippen molar-refractivity contribution in [3.8, 4) is 0 Å². The molecule has 188 valence electrons. The molecule has 0 bridgehead atoms. The molecule has 1 aliphatic rings. The number of carbonyl (C=O) groups is 2. The van der Waals surface area contributed by atoms with Crippen LogP contribution in [-0.4, -0.2) is 31.4 Å². The summed E-state index contributed by atoms with van der Waals surface area (Å²) in [5, 5.41) is 5.86. The Morgan fingerprint density at radius 2 is 1.64 bits per heavy atom. The van der Waals surface area contributed by atoms with E-state index in [1.165, 1.54) is 29.8 Å². The fourth-order valence-electron chi connectivity index (χ4n) is 4.59. The first kappa shape index (κ1) is 25.4. The van der Waals surface area contributed by atoms with Crippen molar-refractivity contribution < 1.29 is 14.0 Å². The van der Waals surface area contributed by atoms with Crippen LogP contribution >= 0.6 is 0 Å². The molecule has 4 rings (SSSR count). The van der Waals surface area contributed by atoms with Gasteiger partial charge in [0.25, 0.3) is 11.8 Å². The fourth-order valence-corrected chi connectivity index (χ4v) is 4.59.